The van der Waals surface area contributed by atoms with E-state index in [9.17, 15) is 9.90 Å². The van der Waals surface area contributed by atoms with Gasteiger partial charge in [-0.3, -0.25) is 4.79 Å². The maximum atomic E-state index is 11.0. The number of halogens is 1. The molecule has 66 valence electrons. The Kier molecular flexibility index (Phi) is 1.74. The number of nitrogens with one attached hydrogen (secondary N) is 1. The first-order valence-corrected chi connectivity index (χ1v) is 4.07. The number of benzene rings is 1. The third kappa shape index (κ3) is 1.27. The minimum Gasteiger partial charge on any atom is -0.507 e. The highest BCUT2D eigenvalue weighted by Gasteiger charge is 2.03. The van der Waals surface area contributed by atoms with Crippen LogP contribution in [0.25, 0.3) is 10.9 Å². The second-order valence-electron chi connectivity index (χ2n) is 2.68. The SMILES string of the molecule is O=c1cc(O)c2cccc(Cl)c2[nH]1. The van der Waals surface area contributed by atoms with Crippen LogP contribution >= 0.6 is 11.6 Å². The summed E-state index contributed by atoms with van der Waals surface area (Å²) >= 11 is 5.82. The van der Waals surface area contributed by atoms with Crippen molar-refractivity contribution in [2.45, 2.75) is 0 Å². The zero-order chi connectivity index (χ0) is 9.42. The average molecular weight is 196 g/mol. The van der Waals surface area contributed by atoms with Gasteiger partial charge < -0.3 is 10.1 Å². The molecule has 0 spiro atoms. The predicted octanol–water partition coefficient (Wildman–Crippen LogP) is 1.89. The Balaban J connectivity index is 3.03. The number of fused-ring (bicyclic) bond motifs is 1. The summed E-state index contributed by atoms with van der Waals surface area (Å²) in [5.41, 5.74) is 0.104. The lowest BCUT2D eigenvalue weighted by Crippen LogP contribution is -2.03. The van der Waals surface area contributed by atoms with E-state index in [0.29, 0.717) is 15.9 Å². The van der Waals surface area contributed by atoms with Gasteiger partial charge in [0.25, 0.3) is 5.56 Å². The maximum Gasteiger partial charge on any atom is 0.252 e. The maximum absolute atomic E-state index is 11.0. The van der Waals surface area contributed by atoms with Gasteiger partial charge in [0.05, 0.1) is 10.5 Å². The number of aromatic amines is 1. The first-order chi connectivity index (χ1) is 6.18. The molecule has 3 nitrogen and oxygen atoms in total. The highest BCUT2D eigenvalue weighted by molar-refractivity contribution is 6.35. The molecule has 2 aromatic rings. The van der Waals surface area contributed by atoms with E-state index in [4.69, 9.17) is 11.6 Å². The monoisotopic (exact) mass is 195 g/mol. The average Bonchev–Trinajstić information content (AvgIpc) is 2.07. The van der Waals surface area contributed by atoms with E-state index in [0.717, 1.165) is 6.07 Å². The topological polar surface area (TPSA) is 53.1 Å². The number of para-hydroxylation sites is 1. The van der Waals surface area contributed by atoms with Gasteiger partial charge >= 0.3 is 0 Å². The van der Waals surface area contributed by atoms with Crippen molar-refractivity contribution in [3.63, 3.8) is 0 Å². The molecule has 2 N–H and O–H groups in total. The molecule has 0 radical (unpaired) electrons. The highest BCUT2D eigenvalue weighted by atomic mass is 35.5. The largest absolute Gasteiger partial charge is 0.507 e. The molecule has 0 saturated carbocycles. The fourth-order valence-electron chi connectivity index (χ4n) is 1.23. The Morgan fingerprint density at radius 3 is 2.92 bits per heavy atom. The molecule has 0 amide bonds. The summed E-state index contributed by atoms with van der Waals surface area (Å²) in [5, 5.41) is 10.4. The molecule has 0 fully saturated rings. The lowest BCUT2D eigenvalue weighted by atomic mass is 10.2. The molecule has 0 saturated heterocycles. The van der Waals surface area contributed by atoms with Gasteiger partial charge in [-0.05, 0) is 12.1 Å². The Morgan fingerprint density at radius 2 is 2.15 bits per heavy atom. The quantitative estimate of drug-likeness (QED) is 0.675. The zero-order valence-electron chi connectivity index (χ0n) is 6.54. The Hall–Kier alpha value is -1.48. The van der Waals surface area contributed by atoms with E-state index in [2.05, 4.69) is 4.98 Å². The van der Waals surface area contributed by atoms with Crippen molar-refractivity contribution in [1.29, 1.82) is 0 Å². The number of hydrogen-bond acceptors (Lipinski definition) is 2. The van der Waals surface area contributed by atoms with Gasteiger partial charge in [0.15, 0.2) is 0 Å². The third-order valence-corrected chi connectivity index (χ3v) is 2.12. The molecule has 0 aliphatic carbocycles. The summed E-state index contributed by atoms with van der Waals surface area (Å²) in [4.78, 5) is 13.5. The first-order valence-electron chi connectivity index (χ1n) is 3.69. The molecular weight excluding hydrogens is 190 g/mol. The Bertz CT molecular complexity index is 518. The lowest BCUT2D eigenvalue weighted by Gasteiger charge is -2.00. The van der Waals surface area contributed by atoms with Crippen LogP contribution in [0.1, 0.15) is 0 Å². The van der Waals surface area contributed by atoms with Gasteiger partial charge in [-0.2, -0.15) is 0 Å². The van der Waals surface area contributed by atoms with Crippen molar-refractivity contribution < 1.29 is 5.11 Å². The standard InChI is InChI=1S/C9H6ClNO2/c10-6-3-1-2-5-7(12)4-8(13)11-9(5)6/h1-4H,(H2,11,12,13). The smallest absolute Gasteiger partial charge is 0.252 e. The van der Waals surface area contributed by atoms with Crippen molar-refractivity contribution in [2.75, 3.05) is 0 Å². The van der Waals surface area contributed by atoms with E-state index >= 15 is 0 Å². The van der Waals surface area contributed by atoms with Crippen molar-refractivity contribution >= 4 is 22.5 Å². The van der Waals surface area contributed by atoms with Crippen LogP contribution in [0.4, 0.5) is 0 Å². The van der Waals surface area contributed by atoms with Crippen molar-refractivity contribution in [3.05, 3.63) is 39.6 Å². The molecular formula is C9H6ClNO2. The van der Waals surface area contributed by atoms with Crippen LogP contribution in [-0.4, -0.2) is 10.1 Å². The van der Waals surface area contributed by atoms with E-state index in [1.54, 1.807) is 18.2 Å². The van der Waals surface area contributed by atoms with Gasteiger partial charge in [0, 0.05) is 11.5 Å². The number of hydrogen-bond donors (Lipinski definition) is 2. The van der Waals surface area contributed by atoms with E-state index in [1.807, 2.05) is 0 Å². The summed E-state index contributed by atoms with van der Waals surface area (Å²) in [7, 11) is 0. The summed E-state index contributed by atoms with van der Waals surface area (Å²) < 4.78 is 0. The van der Waals surface area contributed by atoms with Crippen molar-refractivity contribution in [3.8, 4) is 5.75 Å². The predicted molar refractivity (Wildman–Crippen MR) is 51.2 cm³/mol. The second-order valence-corrected chi connectivity index (χ2v) is 3.09. The van der Waals surface area contributed by atoms with E-state index < -0.39 is 0 Å². The van der Waals surface area contributed by atoms with Crippen LogP contribution in [-0.2, 0) is 0 Å². The normalized spacial score (nSPS) is 10.5. The van der Waals surface area contributed by atoms with E-state index in [-0.39, 0.29) is 11.3 Å². The molecule has 0 unspecified atom stereocenters. The van der Waals surface area contributed by atoms with Crippen LogP contribution in [0.3, 0.4) is 0 Å². The molecule has 13 heavy (non-hydrogen) atoms. The van der Waals surface area contributed by atoms with E-state index in [1.165, 1.54) is 0 Å². The van der Waals surface area contributed by atoms with Gasteiger partial charge in [0.1, 0.15) is 5.75 Å². The fraction of sp³-hybridized carbons (Fsp3) is 0. The molecule has 0 atom stereocenters. The number of aromatic hydroxyl groups is 1. The molecule has 1 heterocycles. The summed E-state index contributed by atoms with van der Waals surface area (Å²) in [5.74, 6) is -0.0544. The van der Waals surface area contributed by atoms with Gasteiger partial charge in [-0.15, -0.1) is 0 Å². The second kappa shape index (κ2) is 2.78. The first kappa shape index (κ1) is 8.13. The number of rotatable bonds is 0. The van der Waals surface area contributed by atoms with Crippen LogP contribution in [0.15, 0.2) is 29.1 Å². The Labute approximate surface area is 78.6 Å². The summed E-state index contributed by atoms with van der Waals surface area (Å²) in [6, 6.07) is 6.17. The molecule has 1 aromatic heterocycles. The third-order valence-electron chi connectivity index (χ3n) is 1.81. The minimum absolute atomic E-state index is 0.0544. The Morgan fingerprint density at radius 1 is 1.38 bits per heavy atom. The van der Waals surface area contributed by atoms with Crippen LogP contribution in [0.5, 0.6) is 5.75 Å². The van der Waals surface area contributed by atoms with Gasteiger partial charge in [-0.1, -0.05) is 17.7 Å². The van der Waals surface area contributed by atoms with Crippen molar-refractivity contribution in [1.82, 2.24) is 4.98 Å². The van der Waals surface area contributed by atoms with Gasteiger partial charge in [0.2, 0.25) is 0 Å². The molecule has 0 bridgehead atoms. The molecule has 0 aliphatic rings. The van der Waals surface area contributed by atoms with Crippen LogP contribution < -0.4 is 5.56 Å². The molecule has 4 heteroatoms. The molecule has 2 rings (SSSR count). The molecule has 1 aromatic carbocycles. The highest BCUT2D eigenvalue weighted by Crippen LogP contribution is 2.25. The lowest BCUT2D eigenvalue weighted by molar-refractivity contribution is 0.480. The molecule has 0 aliphatic heterocycles. The van der Waals surface area contributed by atoms with Crippen molar-refractivity contribution in [2.24, 2.45) is 0 Å². The summed E-state index contributed by atoms with van der Waals surface area (Å²) in [6.07, 6.45) is 0. The number of H-pyrrole nitrogens is 1. The van der Waals surface area contributed by atoms with Gasteiger partial charge in [-0.25, -0.2) is 0 Å². The minimum atomic E-state index is -0.363. The number of pyridine rings is 1. The van der Waals surface area contributed by atoms with Crippen LogP contribution in [0.2, 0.25) is 5.02 Å². The van der Waals surface area contributed by atoms with Crippen LogP contribution in [0, 0.1) is 0 Å². The zero-order valence-corrected chi connectivity index (χ0v) is 7.30. The summed E-state index contributed by atoms with van der Waals surface area (Å²) in [6.45, 7) is 0. The fourth-order valence-corrected chi connectivity index (χ4v) is 1.45. The number of aromatic nitrogens is 1.